The average Bonchev–Trinajstić information content (AvgIpc) is 2.51. The summed E-state index contributed by atoms with van der Waals surface area (Å²) < 4.78 is 4.58. The molecule has 5 nitrogen and oxygen atoms in total. The average molecular weight is 313 g/mol. The minimum Gasteiger partial charge on any atom is -0.469 e. The number of rotatable bonds is 14. The second kappa shape index (κ2) is 14.5. The number of nitro groups is 1. The molecule has 22 heavy (non-hydrogen) atoms. The molecule has 0 saturated heterocycles. The van der Waals surface area contributed by atoms with Gasteiger partial charge in [0, 0.05) is 12.8 Å². The van der Waals surface area contributed by atoms with Gasteiger partial charge in [-0.3, -0.25) is 14.9 Å². The van der Waals surface area contributed by atoms with E-state index in [2.05, 4.69) is 11.7 Å². The van der Waals surface area contributed by atoms with Crippen LogP contribution >= 0.6 is 0 Å². The molecule has 0 aliphatic heterocycles. The molecule has 0 unspecified atom stereocenters. The number of hydrogen-bond donors (Lipinski definition) is 0. The van der Waals surface area contributed by atoms with E-state index in [1.165, 1.54) is 20.0 Å². The molecule has 5 heteroatoms. The van der Waals surface area contributed by atoms with Gasteiger partial charge in [0.25, 0.3) is 0 Å². The van der Waals surface area contributed by atoms with Gasteiger partial charge in [-0.25, -0.2) is 0 Å². The lowest BCUT2D eigenvalue weighted by atomic mass is 10.1. The van der Waals surface area contributed by atoms with E-state index in [0.29, 0.717) is 18.5 Å². The first-order valence-corrected chi connectivity index (χ1v) is 8.52. The van der Waals surface area contributed by atoms with Crippen molar-refractivity contribution in [3.63, 3.8) is 0 Å². The predicted octanol–water partition coefficient (Wildman–Crippen LogP) is 5.02. The molecule has 0 N–H and O–H groups in total. The van der Waals surface area contributed by atoms with Crippen LogP contribution in [0.1, 0.15) is 84.0 Å². The Bertz CT molecular complexity index is 340. The second-order valence-electron chi connectivity index (χ2n) is 5.65. The van der Waals surface area contributed by atoms with E-state index in [-0.39, 0.29) is 10.9 Å². The third-order valence-electron chi connectivity index (χ3n) is 3.71. The van der Waals surface area contributed by atoms with Gasteiger partial charge in [-0.05, 0) is 31.8 Å². The Morgan fingerprint density at radius 2 is 1.59 bits per heavy atom. The smallest absolute Gasteiger partial charge is 0.305 e. The number of methoxy groups -OCH3 is 1. The van der Waals surface area contributed by atoms with E-state index in [0.717, 1.165) is 51.4 Å². The van der Waals surface area contributed by atoms with E-state index in [1.807, 2.05) is 0 Å². The highest BCUT2D eigenvalue weighted by atomic mass is 16.6. The van der Waals surface area contributed by atoms with Gasteiger partial charge >= 0.3 is 5.97 Å². The van der Waals surface area contributed by atoms with Gasteiger partial charge in [-0.2, -0.15) is 0 Å². The molecular formula is C17H31NO4. The van der Waals surface area contributed by atoms with E-state index < -0.39 is 0 Å². The molecule has 0 atom stereocenters. The lowest BCUT2D eigenvalue weighted by Crippen LogP contribution is -2.00. The van der Waals surface area contributed by atoms with Gasteiger partial charge in [-0.1, -0.05) is 45.4 Å². The highest BCUT2D eigenvalue weighted by molar-refractivity contribution is 5.68. The summed E-state index contributed by atoms with van der Waals surface area (Å²) >= 11 is 0. The lowest BCUT2D eigenvalue weighted by Gasteiger charge is -2.02. The molecule has 0 heterocycles. The van der Waals surface area contributed by atoms with Crippen LogP contribution < -0.4 is 0 Å². The summed E-state index contributed by atoms with van der Waals surface area (Å²) in [7, 11) is 1.40. The van der Waals surface area contributed by atoms with Crippen molar-refractivity contribution in [1.29, 1.82) is 0 Å². The molecule has 128 valence electrons. The molecule has 0 amide bonds. The zero-order valence-electron chi connectivity index (χ0n) is 14.1. The largest absolute Gasteiger partial charge is 0.469 e. The highest BCUT2D eigenvalue weighted by Gasteiger charge is 2.09. The summed E-state index contributed by atoms with van der Waals surface area (Å²) in [5.74, 6) is -0.165. The number of allylic oxidation sites excluding steroid dienone is 2. The van der Waals surface area contributed by atoms with Gasteiger partial charge in [0.2, 0.25) is 5.70 Å². The fourth-order valence-electron chi connectivity index (χ4n) is 2.32. The molecule has 0 rings (SSSR count). The molecule has 0 aliphatic carbocycles. The SMILES string of the molecule is CCCCCC/C=C(\CCCCCCCC(=O)OC)[N+](=O)[O-]. The number of nitrogens with zero attached hydrogens (tertiary/aromatic N) is 1. The maximum absolute atomic E-state index is 11.0. The van der Waals surface area contributed by atoms with Crippen LogP contribution in [-0.4, -0.2) is 18.0 Å². The molecule has 0 aromatic carbocycles. The summed E-state index contributed by atoms with van der Waals surface area (Å²) in [6.07, 6.45) is 12.9. The number of hydrogen-bond acceptors (Lipinski definition) is 4. The molecule has 0 radical (unpaired) electrons. The third-order valence-corrected chi connectivity index (χ3v) is 3.71. The van der Waals surface area contributed by atoms with Crippen molar-refractivity contribution >= 4 is 5.97 Å². The minimum atomic E-state index is -0.239. The van der Waals surface area contributed by atoms with Gasteiger partial charge in [0.15, 0.2) is 0 Å². The maximum Gasteiger partial charge on any atom is 0.305 e. The quantitative estimate of drug-likeness (QED) is 0.195. The summed E-state index contributed by atoms with van der Waals surface area (Å²) in [5.41, 5.74) is 0.367. The standard InChI is InChI=1S/C17H31NO4/c1-3-4-5-7-10-13-16(18(20)21)14-11-8-6-9-12-15-17(19)22-2/h13H,3-12,14-15H2,1-2H3/b16-13+. The lowest BCUT2D eigenvalue weighted by molar-refractivity contribution is -0.428. The van der Waals surface area contributed by atoms with Crippen molar-refractivity contribution < 1.29 is 14.5 Å². The van der Waals surface area contributed by atoms with Crippen LogP contribution in [0.4, 0.5) is 0 Å². The fourth-order valence-corrected chi connectivity index (χ4v) is 2.32. The molecule has 0 aromatic heterocycles. The molecule has 0 fully saturated rings. The molecule has 0 saturated carbocycles. The van der Waals surface area contributed by atoms with Gasteiger partial charge in [-0.15, -0.1) is 0 Å². The first-order valence-electron chi connectivity index (χ1n) is 8.52. The summed E-state index contributed by atoms with van der Waals surface area (Å²) in [5, 5.41) is 11.0. The summed E-state index contributed by atoms with van der Waals surface area (Å²) in [4.78, 5) is 21.7. The van der Waals surface area contributed by atoms with E-state index in [9.17, 15) is 14.9 Å². The Balaban J connectivity index is 3.71. The monoisotopic (exact) mass is 313 g/mol. The van der Waals surface area contributed by atoms with Crippen LogP contribution in [0.5, 0.6) is 0 Å². The Morgan fingerprint density at radius 3 is 2.18 bits per heavy atom. The maximum atomic E-state index is 11.0. The Morgan fingerprint density at radius 1 is 1.00 bits per heavy atom. The minimum absolute atomic E-state index is 0.165. The number of ether oxygens (including phenoxy) is 1. The van der Waals surface area contributed by atoms with Crippen molar-refractivity contribution in [3.05, 3.63) is 21.9 Å². The topological polar surface area (TPSA) is 69.4 Å². The first-order chi connectivity index (χ1) is 10.6. The molecule has 0 aromatic rings. The molecule has 0 spiro atoms. The Labute approximate surface area is 134 Å². The highest BCUT2D eigenvalue weighted by Crippen LogP contribution is 2.14. The van der Waals surface area contributed by atoms with Gasteiger partial charge in [0.05, 0.1) is 12.0 Å². The van der Waals surface area contributed by atoms with E-state index in [4.69, 9.17) is 0 Å². The zero-order valence-corrected chi connectivity index (χ0v) is 14.1. The molecular weight excluding hydrogens is 282 g/mol. The third kappa shape index (κ3) is 12.4. The van der Waals surface area contributed by atoms with Crippen LogP contribution in [0.3, 0.4) is 0 Å². The van der Waals surface area contributed by atoms with Crippen LogP contribution in [0.15, 0.2) is 11.8 Å². The van der Waals surface area contributed by atoms with Crippen LogP contribution in [0, 0.1) is 10.1 Å². The summed E-state index contributed by atoms with van der Waals surface area (Å²) in [6, 6.07) is 0. The number of esters is 1. The van der Waals surface area contributed by atoms with Crippen molar-refractivity contribution in [2.75, 3.05) is 7.11 Å². The van der Waals surface area contributed by atoms with E-state index >= 15 is 0 Å². The van der Waals surface area contributed by atoms with Crippen LogP contribution in [0.2, 0.25) is 0 Å². The number of carbonyl (C=O) groups is 1. The van der Waals surface area contributed by atoms with Gasteiger partial charge < -0.3 is 4.74 Å². The summed E-state index contributed by atoms with van der Waals surface area (Å²) in [6.45, 7) is 2.16. The second-order valence-corrected chi connectivity index (χ2v) is 5.65. The molecule has 0 bridgehead atoms. The predicted molar refractivity (Wildman–Crippen MR) is 88.2 cm³/mol. The zero-order chi connectivity index (χ0) is 16.6. The van der Waals surface area contributed by atoms with E-state index in [1.54, 1.807) is 6.08 Å². The Hall–Kier alpha value is -1.39. The number of unbranched alkanes of at least 4 members (excludes halogenated alkanes) is 8. The fraction of sp³-hybridized carbons (Fsp3) is 0.824. The van der Waals surface area contributed by atoms with Crippen molar-refractivity contribution in [1.82, 2.24) is 0 Å². The first kappa shape index (κ1) is 20.6. The number of carbonyl (C=O) groups excluding carboxylic acids is 1. The van der Waals surface area contributed by atoms with Crippen LogP contribution in [-0.2, 0) is 9.53 Å². The van der Waals surface area contributed by atoms with Crippen molar-refractivity contribution in [2.24, 2.45) is 0 Å². The molecule has 0 aliphatic rings. The van der Waals surface area contributed by atoms with Crippen molar-refractivity contribution in [2.45, 2.75) is 84.0 Å². The normalized spacial score (nSPS) is 11.5. The Kier molecular flexibility index (Phi) is 13.6. The van der Waals surface area contributed by atoms with Gasteiger partial charge in [0.1, 0.15) is 0 Å². The van der Waals surface area contributed by atoms with Crippen LogP contribution in [0.25, 0.3) is 0 Å². The van der Waals surface area contributed by atoms with Crippen molar-refractivity contribution in [3.8, 4) is 0 Å².